The van der Waals surface area contributed by atoms with Gasteiger partial charge in [-0.15, -0.1) is 0 Å². The summed E-state index contributed by atoms with van der Waals surface area (Å²) in [5, 5.41) is 0. The molecule has 90 valence electrons. The van der Waals surface area contributed by atoms with Crippen LogP contribution in [0.5, 0.6) is 0 Å². The summed E-state index contributed by atoms with van der Waals surface area (Å²) in [6.07, 6.45) is 8.42. The minimum absolute atomic E-state index is 0.920. The smallest absolute Gasteiger partial charge is 0.0603 e. The molecule has 0 aromatic heterocycles. The molecule has 0 aromatic carbocycles. The number of rotatable bonds is 8. The summed E-state index contributed by atoms with van der Waals surface area (Å²) in [7, 11) is 0. The molecule has 0 bridgehead atoms. The lowest BCUT2D eigenvalue weighted by atomic mass is 10.1. The molecule has 0 aromatic rings. The highest BCUT2D eigenvalue weighted by atomic mass is 32.2. The highest BCUT2D eigenvalue weighted by Crippen LogP contribution is 2.15. The predicted molar refractivity (Wildman–Crippen MR) is 68.2 cm³/mol. The zero-order chi connectivity index (χ0) is 10.8. The van der Waals surface area contributed by atoms with Gasteiger partial charge in [0.05, 0.1) is 13.2 Å². The fourth-order valence-electron chi connectivity index (χ4n) is 1.75. The standard InChI is InChI=1S/C12H25NOS/c1-2-3-4-5-6-7-12-15-13-8-10-14-11-9-13/h2-12H2,1H3. The second-order valence-corrected chi connectivity index (χ2v) is 5.33. The van der Waals surface area contributed by atoms with Gasteiger partial charge in [0.2, 0.25) is 0 Å². The lowest BCUT2D eigenvalue weighted by molar-refractivity contribution is 0.0773. The molecule has 0 radical (unpaired) electrons. The van der Waals surface area contributed by atoms with E-state index in [1.807, 2.05) is 11.9 Å². The number of hydrogen-bond acceptors (Lipinski definition) is 3. The van der Waals surface area contributed by atoms with E-state index >= 15 is 0 Å². The van der Waals surface area contributed by atoms with Crippen molar-refractivity contribution < 1.29 is 4.74 Å². The highest BCUT2D eigenvalue weighted by Gasteiger charge is 2.09. The van der Waals surface area contributed by atoms with Gasteiger partial charge < -0.3 is 4.74 Å². The summed E-state index contributed by atoms with van der Waals surface area (Å²) >= 11 is 2.01. The van der Waals surface area contributed by atoms with E-state index in [0.29, 0.717) is 0 Å². The van der Waals surface area contributed by atoms with Crippen LogP contribution in [0.2, 0.25) is 0 Å². The Morgan fingerprint density at radius 2 is 1.67 bits per heavy atom. The fourth-order valence-corrected chi connectivity index (χ4v) is 2.75. The Labute approximate surface area is 98.9 Å². The summed E-state index contributed by atoms with van der Waals surface area (Å²) in [5.41, 5.74) is 0. The monoisotopic (exact) mass is 231 g/mol. The van der Waals surface area contributed by atoms with Gasteiger partial charge in [-0.05, 0) is 6.42 Å². The van der Waals surface area contributed by atoms with Crippen molar-refractivity contribution in [3.8, 4) is 0 Å². The van der Waals surface area contributed by atoms with Crippen LogP contribution < -0.4 is 0 Å². The van der Waals surface area contributed by atoms with E-state index in [-0.39, 0.29) is 0 Å². The Hall–Kier alpha value is 0.270. The number of unbranched alkanes of at least 4 members (excludes halogenated alkanes) is 5. The average Bonchev–Trinajstić information content (AvgIpc) is 2.29. The molecule has 3 heteroatoms. The minimum Gasteiger partial charge on any atom is -0.379 e. The summed E-state index contributed by atoms with van der Waals surface area (Å²) in [6, 6.07) is 0. The average molecular weight is 231 g/mol. The van der Waals surface area contributed by atoms with Crippen molar-refractivity contribution in [2.45, 2.75) is 45.4 Å². The van der Waals surface area contributed by atoms with Crippen LogP contribution in [0.1, 0.15) is 45.4 Å². The largest absolute Gasteiger partial charge is 0.379 e. The van der Waals surface area contributed by atoms with Crippen LogP contribution in [-0.2, 0) is 4.74 Å². The first-order valence-electron chi connectivity index (χ1n) is 6.39. The molecule has 0 saturated carbocycles. The minimum atomic E-state index is 0.920. The molecule has 0 atom stereocenters. The lowest BCUT2D eigenvalue weighted by Gasteiger charge is -2.25. The molecule has 15 heavy (non-hydrogen) atoms. The van der Waals surface area contributed by atoms with Crippen molar-refractivity contribution in [3.63, 3.8) is 0 Å². The predicted octanol–water partition coefficient (Wildman–Crippen LogP) is 3.33. The quantitative estimate of drug-likeness (QED) is 0.470. The third-order valence-corrected chi connectivity index (χ3v) is 3.94. The molecule has 1 heterocycles. The van der Waals surface area contributed by atoms with Gasteiger partial charge in [0, 0.05) is 18.8 Å². The Kier molecular flexibility index (Phi) is 8.44. The van der Waals surface area contributed by atoms with Crippen LogP contribution in [0.3, 0.4) is 0 Å². The van der Waals surface area contributed by atoms with Gasteiger partial charge >= 0.3 is 0 Å². The van der Waals surface area contributed by atoms with Gasteiger partial charge in [-0.1, -0.05) is 51.0 Å². The first kappa shape index (κ1) is 13.3. The Morgan fingerprint density at radius 3 is 2.40 bits per heavy atom. The van der Waals surface area contributed by atoms with E-state index in [4.69, 9.17) is 4.74 Å². The van der Waals surface area contributed by atoms with Crippen LogP contribution in [0.25, 0.3) is 0 Å². The molecule has 0 spiro atoms. The summed E-state index contributed by atoms with van der Waals surface area (Å²) in [6.45, 7) is 6.34. The molecule has 0 amide bonds. The third kappa shape index (κ3) is 7.20. The molecule has 1 aliphatic heterocycles. The van der Waals surface area contributed by atoms with Crippen molar-refractivity contribution in [1.29, 1.82) is 0 Å². The summed E-state index contributed by atoms with van der Waals surface area (Å²) in [5.74, 6) is 1.30. The van der Waals surface area contributed by atoms with E-state index in [9.17, 15) is 0 Å². The van der Waals surface area contributed by atoms with Crippen molar-refractivity contribution in [1.82, 2.24) is 4.31 Å². The molecule has 1 rings (SSSR count). The summed E-state index contributed by atoms with van der Waals surface area (Å²) < 4.78 is 7.77. The van der Waals surface area contributed by atoms with E-state index in [0.717, 1.165) is 26.3 Å². The number of hydrogen-bond donors (Lipinski definition) is 0. The van der Waals surface area contributed by atoms with Crippen molar-refractivity contribution >= 4 is 11.9 Å². The van der Waals surface area contributed by atoms with Gasteiger partial charge in [0.25, 0.3) is 0 Å². The number of morpholine rings is 1. The normalized spacial score (nSPS) is 18.2. The van der Waals surface area contributed by atoms with Crippen LogP contribution >= 0.6 is 11.9 Å². The molecule has 2 nitrogen and oxygen atoms in total. The van der Waals surface area contributed by atoms with Crippen molar-refractivity contribution in [3.05, 3.63) is 0 Å². The molecule has 0 aliphatic carbocycles. The van der Waals surface area contributed by atoms with Crippen molar-refractivity contribution in [2.75, 3.05) is 32.1 Å². The van der Waals surface area contributed by atoms with Gasteiger partial charge in [-0.3, -0.25) is 0 Å². The van der Waals surface area contributed by atoms with Crippen molar-refractivity contribution in [2.24, 2.45) is 0 Å². The Morgan fingerprint density at radius 1 is 1.00 bits per heavy atom. The molecule has 0 unspecified atom stereocenters. The number of ether oxygens (including phenoxy) is 1. The molecule has 1 saturated heterocycles. The maximum Gasteiger partial charge on any atom is 0.0603 e. The highest BCUT2D eigenvalue weighted by molar-refractivity contribution is 7.97. The molecule has 0 N–H and O–H groups in total. The fraction of sp³-hybridized carbons (Fsp3) is 1.00. The second-order valence-electron chi connectivity index (χ2n) is 4.14. The van der Waals surface area contributed by atoms with E-state index in [2.05, 4.69) is 11.2 Å². The topological polar surface area (TPSA) is 12.5 Å². The SMILES string of the molecule is CCCCCCCCSN1CCOCC1. The van der Waals surface area contributed by atoms with Gasteiger partial charge in [-0.2, -0.15) is 0 Å². The molecule has 1 aliphatic rings. The Balaban J connectivity index is 1.79. The molecular formula is C12H25NOS. The first-order chi connectivity index (χ1) is 7.43. The van der Waals surface area contributed by atoms with Gasteiger partial charge in [-0.25, -0.2) is 4.31 Å². The van der Waals surface area contributed by atoms with E-state index < -0.39 is 0 Å². The van der Waals surface area contributed by atoms with Gasteiger partial charge in [0.15, 0.2) is 0 Å². The molecular weight excluding hydrogens is 206 g/mol. The van der Waals surface area contributed by atoms with Crippen LogP contribution in [0, 0.1) is 0 Å². The Bertz CT molecular complexity index is 138. The third-order valence-electron chi connectivity index (χ3n) is 2.74. The van der Waals surface area contributed by atoms with Crippen LogP contribution in [0.15, 0.2) is 0 Å². The maximum absolute atomic E-state index is 5.32. The van der Waals surface area contributed by atoms with Crippen LogP contribution in [-0.4, -0.2) is 36.4 Å². The molecule has 1 fully saturated rings. The number of nitrogens with zero attached hydrogens (tertiary/aromatic N) is 1. The maximum atomic E-state index is 5.32. The van der Waals surface area contributed by atoms with Crippen LogP contribution in [0.4, 0.5) is 0 Å². The lowest BCUT2D eigenvalue weighted by Crippen LogP contribution is -2.31. The summed E-state index contributed by atoms with van der Waals surface area (Å²) in [4.78, 5) is 0. The van der Waals surface area contributed by atoms with Gasteiger partial charge in [0.1, 0.15) is 0 Å². The first-order valence-corrected chi connectivity index (χ1v) is 7.33. The van der Waals surface area contributed by atoms with E-state index in [1.54, 1.807) is 0 Å². The second kappa shape index (κ2) is 9.49. The zero-order valence-corrected chi connectivity index (χ0v) is 10.9. The van der Waals surface area contributed by atoms with E-state index in [1.165, 1.54) is 44.3 Å². The zero-order valence-electron chi connectivity index (χ0n) is 10.0.